The Bertz CT molecular complexity index is 849. The van der Waals surface area contributed by atoms with Crippen molar-refractivity contribution in [1.29, 1.82) is 0 Å². The zero-order valence-corrected chi connectivity index (χ0v) is 16.3. The zero-order chi connectivity index (χ0) is 17.8. The highest BCUT2D eigenvalue weighted by Crippen LogP contribution is 2.22. The number of piperazine rings is 1. The Hall–Kier alpha value is -1.91. The van der Waals surface area contributed by atoms with Crippen LogP contribution in [0.2, 0.25) is 0 Å². The highest BCUT2D eigenvalue weighted by atomic mass is 32.1. The maximum atomic E-state index is 4.36. The lowest BCUT2D eigenvalue weighted by atomic mass is 10.1. The van der Waals surface area contributed by atoms with Gasteiger partial charge in [0, 0.05) is 31.9 Å². The van der Waals surface area contributed by atoms with Gasteiger partial charge in [-0.25, -0.2) is 4.98 Å². The number of anilines is 1. The monoisotopic (exact) mass is 365 g/mol. The smallest absolute Gasteiger partial charge is 0.0812 e. The number of nitrogens with zero attached hydrogens (tertiary/aromatic N) is 3. The second-order valence-electron chi connectivity index (χ2n) is 7.23. The number of para-hydroxylation sites is 1. The predicted molar refractivity (Wildman–Crippen MR) is 112 cm³/mol. The molecule has 1 aliphatic heterocycles. The van der Waals surface area contributed by atoms with E-state index >= 15 is 0 Å². The van der Waals surface area contributed by atoms with Crippen LogP contribution in [-0.2, 0) is 6.42 Å². The first-order valence-corrected chi connectivity index (χ1v) is 10.5. The van der Waals surface area contributed by atoms with Crippen LogP contribution in [0.1, 0.15) is 24.0 Å². The van der Waals surface area contributed by atoms with E-state index in [0.717, 1.165) is 18.6 Å². The molecule has 0 N–H and O–H groups in total. The molecule has 3 nitrogen and oxygen atoms in total. The van der Waals surface area contributed by atoms with Crippen molar-refractivity contribution >= 4 is 27.2 Å². The highest BCUT2D eigenvalue weighted by Gasteiger charge is 2.17. The Kier molecular flexibility index (Phi) is 5.51. The number of thiazole rings is 1. The van der Waals surface area contributed by atoms with Crippen molar-refractivity contribution in [2.45, 2.75) is 26.2 Å². The van der Waals surface area contributed by atoms with Crippen LogP contribution in [0.25, 0.3) is 10.2 Å². The molecule has 0 bridgehead atoms. The number of hydrogen-bond donors (Lipinski definition) is 0. The average molecular weight is 366 g/mol. The molecule has 1 aromatic heterocycles. The molecule has 1 fully saturated rings. The van der Waals surface area contributed by atoms with Gasteiger partial charge in [-0.3, -0.25) is 4.90 Å². The summed E-state index contributed by atoms with van der Waals surface area (Å²) >= 11 is 1.74. The molecular weight excluding hydrogens is 338 g/mol. The summed E-state index contributed by atoms with van der Waals surface area (Å²) in [6.07, 6.45) is 3.73. The van der Waals surface area contributed by atoms with Crippen molar-refractivity contribution in [3.05, 3.63) is 59.1 Å². The summed E-state index contributed by atoms with van der Waals surface area (Å²) in [7, 11) is 0. The fourth-order valence-electron chi connectivity index (χ4n) is 3.85. The summed E-state index contributed by atoms with van der Waals surface area (Å²) in [6.45, 7) is 8.10. The van der Waals surface area contributed by atoms with Crippen molar-refractivity contribution in [3.63, 3.8) is 0 Å². The normalized spacial score (nSPS) is 15.7. The topological polar surface area (TPSA) is 19.4 Å². The Morgan fingerprint density at radius 1 is 1.00 bits per heavy atom. The Labute approximate surface area is 160 Å². The van der Waals surface area contributed by atoms with Gasteiger partial charge in [0.15, 0.2) is 0 Å². The number of benzene rings is 2. The third kappa shape index (κ3) is 4.08. The number of rotatable bonds is 6. The molecule has 4 rings (SSSR count). The largest absolute Gasteiger partial charge is 0.369 e. The third-order valence-electron chi connectivity index (χ3n) is 5.41. The van der Waals surface area contributed by atoms with Crippen LogP contribution in [0, 0.1) is 6.92 Å². The van der Waals surface area contributed by atoms with Crippen molar-refractivity contribution in [2.75, 3.05) is 37.6 Å². The average Bonchev–Trinajstić information content (AvgIpc) is 3.14. The summed E-state index contributed by atoms with van der Waals surface area (Å²) in [4.78, 5) is 9.52. The SMILES string of the molecule is Cc1ccccc1N1CCN(CCCCc2ccc3ncsc3c2)CC1. The first-order valence-electron chi connectivity index (χ1n) is 9.65. The molecule has 0 spiro atoms. The van der Waals surface area contributed by atoms with Crippen molar-refractivity contribution in [1.82, 2.24) is 9.88 Å². The molecule has 0 atom stereocenters. The molecule has 0 amide bonds. The molecule has 136 valence electrons. The number of unbranched alkanes of at least 4 members (excludes halogenated alkanes) is 1. The number of hydrogen-bond acceptors (Lipinski definition) is 4. The molecule has 3 aromatic rings. The number of aryl methyl sites for hydroxylation is 2. The van der Waals surface area contributed by atoms with Gasteiger partial charge in [0.1, 0.15) is 0 Å². The maximum absolute atomic E-state index is 4.36. The van der Waals surface area contributed by atoms with Crippen LogP contribution < -0.4 is 4.90 Å². The van der Waals surface area contributed by atoms with E-state index in [1.54, 1.807) is 11.3 Å². The quantitative estimate of drug-likeness (QED) is 0.588. The zero-order valence-electron chi connectivity index (χ0n) is 15.5. The lowest BCUT2D eigenvalue weighted by Gasteiger charge is -2.36. The van der Waals surface area contributed by atoms with E-state index in [9.17, 15) is 0 Å². The minimum absolute atomic E-state index is 1.13. The summed E-state index contributed by atoms with van der Waals surface area (Å²) < 4.78 is 1.31. The molecule has 2 heterocycles. The Morgan fingerprint density at radius 3 is 2.69 bits per heavy atom. The molecule has 1 aliphatic rings. The summed E-state index contributed by atoms with van der Waals surface area (Å²) in [5, 5.41) is 0. The van der Waals surface area contributed by atoms with Crippen molar-refractivity contribution < 1.29 is 0 Å². The minimum atomic E-state index is 1.13. The second-order valence-corrected chi connectivity index (χ2v) is 8.11. The molecule has 0 saturated carbocycles. The van der Waals surface area contributed by atoms with Gasteiger partial charge in [-0.2, -0.15) is 0 Å². The molecule has 4 heteroatoms. The second kappa shape index (κ2) is 8.19. The lowest BCUT2D eigenvalue weighted by molar-refractivity contribution is 0.253. The molecule has 0 aliphatic carbocycles. The van der Waals surface area contributed by atoms with E-state index in [4.69, 9.17) is 0 Å². The first-order chi connectivity index (χ1) is 12.8. The van der Waals surface area contributed by atoms with E-state index in [-0.39, 0.29) is 0 Å². The van der Waals surface area contributed by atoms with E-state index in [0.29, 0.717) is 0 Å². The molecule has 26 heavy (non-hydrogen) atoms. The molecule has 0 radical (unpaired) electrons. The maximum Gasteiger partial charge on any atom is 0.0812 e. The minimum Gasteiger partial charge on any atom is -0.369 e. The fraction of sp³-hybridized carbons (Fsp3) is 0.409. The van der Waals surface area contributed by atoms with Crippen LogP contribution in [0.15, 0.2) is 48.0 Å². The van der Waals surface area contributed by atoms with Gasteiger partial charge < -0.3 is 4.90 Å². The van der Waals surface area contributed by atoms with Crippen LogP contribution >= 0.6 is 11.3 Å². The van der Waals surface area contributed by atoms with E-state index < -0.39 is 0 Å². The number of aromatic nitrogens is 1. The summed E-state index contributed by atoms with van der Waals surface area (Å²) in [5.41, 5.74) is 7.31. The number of fused-ring (bicyclic) bond motifs is 1. The Morgan fingerprint density at radius 2 is 1.85 bits per heavy atom. The molecular formula is C22H27N3S. The van der Waals surface area contributed by atoms with Crippen LogP contribution in [0.3, 0.4) is 0 Å². The van der Waals surface area contributed by atoms with Crippen molar-refractivity contribution in [3.8, 4) is 0 Å². The lowest BCUT2D eigenvalue weighted by Crippen LogP contribution is -2.46. The van der Waals surface area contributed by atoms with E-state index in [1.165, 1.54) is 60.4 Å². The standard InChI is InChI=1S/C22H27N3S/c1-18-6-2-3-8-21(18)25-14-12-24(13-15-25)11-5-4-7-19-9-10-20-22(16-19)26-17-23-20/h2-3,6,8-10,16-17H,4-5,7,11-15H2,1H3. The molecule has 1 saturated heterocycles. The van der Waals surface area contributed by atoms with E-state index in [2.05, 4.69) is 64.2 Å². The van der Waals surface area contributed by atoms with Gasteiger partial charge in [0.25, 0.3) is 0 Å². The van der Waals surface area contributed by atoms with Gasteiger partial charge in [-0.15, -0.1) is 11.3 Å². The Balaban J connectivity index is 1.20. The van der Waals surface area contributed by atoms with Gasteiger partial charge in [-0.05, 0) is 62.1 Å². The fourth-order valence-corrected chi connectivity index (χ4v) is 4.59. The summed E-state index contributed by atoms with van der Waals surface area (Å²) in [5.74, 6) is 0. The van der Waals surface area contributed by atoms with Gasteiger partial charge in [0.2, 0.25) is 0 Å². The van der Waals surface area contributed by atoms with Crippen LogP contribution in [0.5, 0.6) is 0 Å². The van der Waals surface area contributed by atoms with E-state index in [1.807, 2.05) is 5.51 Å². The van der Waals surface area contributed by atoms with Crippen LogP contribution in [0.4, 0.5) is 5.69 Å². The molecule has 2 aromatic carbocycles. The molecule has 0 unspecified atom stereocenters. The van der Waals surface area contributed by atoms with Gasteiger partial charge in [0.05, 0.1) is 15.7 Å². The predicted octanol–water partition coefficient (Wildman–Crippen LogP) is 4.75. The van der Waals surface area contributed by atoms with Crippen LogP contribution in [-0.4, -0.2) is 42.6 Å². The van der Waals surface area contributed by atoms with Gasteiger partial charge in [-0.1, -0.05) is 24.3 Å². The third-order valence-corrected chi connectivity index (χ3v) is 6.21. The first kappa shape index (κ1) is 17.5. The van der Waals surface area contributed by atoms with Crippen molar-refractivity contribution in [2.24, 2.45) is 0 Å². The summed E-state index contributed by atoms with van der Waals surface area (Å²) in [6, 6.07) is 15.5. The highest BCUT2D eigenvalue weighted by molar-refractivity contribution is 7.16. The van der Waals surface area contributed by atoms with Gasteiger partial charge >= 0.3 is 0 Å².